The molecule has 1 heterocycles. The first-order chi connectivity index (χ1) is 8.85. The second-order valence-corrected chi connectivity index (χ2v) is 5.89. The van der Waals surface area contributed by atoms with E-state index in [9.17, 15) is 13.2 Å². The SMILES string of the molecule is Cc1ccc(-c2cc(C(=O)NS(C)(=O)=O)on2)cc1. The number of hydrogen-bond acceptors (Lipinski definition) is 5. The van der Waals surface area contributed by atoms with Gasteiger partial charge in [-0.25, -0.2) is 13.1 Å². The Kier molecular flexibility index (Phi) is 3.39. The van der Waals surface area contributed by atoms with Gasteiger partial charge in [0.05, 0.1) is 6.26 Å². The molecule has 100 valence electrons. The summed E-state index contributed by atoms with van der Waals surface area (Å²) in [7, 11) is -3.62. The Labute approximate surface area is 110 Å². The molecule has 0 aliphatic rings. The zero-order valence-electron chi connectivity index (χ0n) is 10.4. The second-order valence-electron chi connectivity index (χ2n) is 4.15. The number of nitrogens with zero attached hydrogens (tertiary/aromatic N) is 1. The molecule has 0 fully saturated rings. The van der Waals surface area contributed by atoms with E-state index in [2.05, 4.69) is 5.16 Å². The van der Waals surface area contributed by atoms with Crippen LogP contribution >= 0.6 is 0 Å². The smallest absolute Gasteiger partial charge is 0.303 e. The van der Waals surface area contributed by atoms with Gasteiger partial charge in [0, 0.05) is 11.6 Å². The van der Waals surface area contributed by atoms with Gasteiger partial charge in [-0.05, 0) is 6.92 Å². The average molecular weight is 280 g/mol. The summed E-state index contributed by atoms with van der Waals surface area (Å²) >= 11 is 0. The van der Waals surface area contributed by atoms with Gasteiger partial charge in [0.1, 0.15) is 5.69 Å². The number of benzene rings is 1. The first kappa shape index (κ1) is 13.3. The summed E-state index contributed by atoms with van der Waals surface area (Å²) in [5.41, 5.74) is 2.36. The topological polar surface area (TPSA) is 89.3 Å². The molecule has 1 aromatic carbocycles. The number of sulfonamides is 1. The molecule has 1 aromatic heterocycles. The van der Waals surface area contributed by atoms with Crippen LogP contribution in [0.3, 0.4) is 0 Å². The standard InChI is InChI=1S/C12H12N2O4S/c1-8-3-5-9(6-4-8)10-7-11(18-13-10)12(15)14-19(2,16)17/h3-7H,1-2H3,(H,14,15). The fourth-order valence-electron chi connectivity index (χ4n) is 1.46. The highest BCUT2D eigenvalue weighted by Gasteiger charge is 2.17. The lowest BCUT2D eigenvalue weighted by atomic mass is 10.1. The van der Waals surface area contributed by atoms with Gasteiger partial charge in [-0.15, -0.1) is 0 Å². The van der Waals surface area contributed by atoms with Gasteiger partial charge in [0.25, 0.3) is 0 Å². The molecule has 0 bridgehead atoms. The predicted molar refractivity (Wildman–Crippen MR) is 69.0 cm³/mol. The van der Waals surface area contributed by atoms with Crippen molar-refractivity contribution < 1.29 is 17.7 Å². The number of carbonyl (C=O) groups excluding carboxylic acids is 1. The minimum absolute atomic E-state index is 0.152. The van der Waals surface area contributed by atoms with Crippen LogP contribution in [0.4, 0.5) is 0 Å². The van der Waals surface area contributed by atoms with E-state index in [1.165, 1.54) is 6.07 Å². The van der Waals surface area contributed by atoms with Gasteiger partial charge in [0.2, 0.25) is 15.8 Å². The third-order valence-electron chi connectivity index (χ3n) is 2.36. The first-order valence-corrected chi connectivity index (χ1v) is 7.30. The van der Waals surface area contributed by atoms with Crippen LogP contribution < -0.4 is 4.72 Å². The Bertz CT molecular complexity index is 702. The normalized spacial score (nSPS) is 11.3. The van der Waals surface area contributed by atoms with Crippen LogP contribution in [0.2, 0.25) is 0 Å². The Morgan fingerprint density at radius 3 is 2.47 bits per heavy atom. The minimum atomic E-state index is -3.62. The van der Waals surface area contributed by atoms with E-state index in [1.54, 1.807) is 0 Å². The highest BCUT2D eigenvalue weighted by atomic mass is 32.2. The minimum Gasteiger partial charge on any atom is -0.350 e. The molecule has 0 saturated heterocycles. The molecule has 0 spiro atoms. The van der Waals surface area contributed by atoms with Crippen molar-refractivity contribution in [2.75, 3.05) is 6.26 Å². The molecule has 2 rings (SSSR count). The molecule has 6 nitrogen and oxygen atoms in total. The quantitative estimate of drug-likeness (QED) is 0.916. The highest BCUT2D eigenvalue weighted by Crippen LogP contribution is 2.19. The molecule has 0 atom stereocenters. The summed E-state index contributed by atoms with van der Waals surface area (Å²) < 4.78 is 28.5. The van der Waals surface area contributed by atoms with Crippen molar-refractivity contribution in [2.24, 2.45) is 0 Å². The van der Waals surface area contributed by atoms with E-state index in [-0.39, 0.29) is 5.76 Å². The summed E-state index contributed by atoms with van der Waals surface area (Å²) in [6.45, 7) is 1.96. The predicted octanol–water partition coefficient (Wildman–Crippen LogP) is 1.34. The fourth-order valence-corrected chi connectivity index (χ4v) is 1.90. The molecule has 1 amide bonds. The number of amides is 1. The van der Waals surface area contributed by atoms with Crippen molar-refractivity contribution in [1.82, 2.24) is 9.88 Å². The van der Waals surface area contributed by atoms with Gasteiger partial charge in [-0.1, -0.05) is 35.0 Å². The van der Waals surface area contributed by atoms with Gasteiger partial charge in [-0.2, -0.15) is 0 Å². The van der Waals surface area contributed by atoms with Crippen LogP contribution in [-0.2, 0) is 10.0 Å². The van der Waals surface area contributed by atoms with Crippen molar-refractivity contribution in [3.63, 3.8) is 0 Å². The molecular weight excluding hydrogens is 268 g/mol. The monoisotopic (exact) mass is 280 g/mol. The maximum atomic E-state index is 11.5. The van der Waals surface area contributed by atoms with Crippen molar-refractivity contribution in [3.8, 4) is 11.3 Å². The van der Waals surface area contributed by atoms with E-state index in [4.69, 9.17) is 4.52 Å². The Morgan fingerprint density at radius 2 is 1.89 bits per heavy atom. The van der Waals surface area contributed by atoms with Crippen molar-refractivity contribution in [1.29, 1.82) is 0 Å². The lowest BCUT2D eigenvalue weighted by Gasteiger charge is -1.97. The summed E-state index contributed by atoms with van der Waals surface area (Å²) in [5, 5.41) is 3.74. The number of rotatable bonds is 3. The van der Waals surface area contributed by atoms with Gasteiger partial charge in [0.15, 0.2) is 0 Å². The molecular formula is C12H12N2O4S. The third-order valence-corrected chi connectivity index (χ3v) is 2.92. The van der Waals surface area contributed by atoms with Gasteiger partial charge in [-0.3, -0.25) is 4.79 Å². The molecule has 7 heteroatoms. The molecule has 2 aromatic rings. The maximum Gasteiger partial charge on any atom is 0.303 e. The largest absolute Gasteiger partial charge is 0.350 e. The highest BCUT2D eigenvalue weighted by molar-refractivity contribution is 7.89. The third kappa shape index (κ3) is 3.41. The molecule has 0 aliphatic carbocycles. The number of aromatic nitrogens is 1. The van der Waals surface area contributed by atoms with E-state index in [1.807, 2.05) is 35.9 Å². The van der Waals surface area contributed by atoms with E-state index in [0.29, 0.717) is 5.69 Å². The lowest BCUT2D eigenvalue weighted by Crippen LogP contribution is -2.28. The van der Waals surface area contributed by atoms with Crippen LogP contribution in [0.15, 0.2) is 34.9 Å². The zero-order valence-corrected chi connectivity index (χ0v) is 11.2. The number of hydrogen-bond donors (Lipinski definition) is 1. The first-order valence-electron chi connectivity index (χ1n) is 5.41. The van der Waals surface area contributed by atoms with E-state index < -0.39 is 15.9 Å². The number of aryl methyl sites for hydroxylation is 1. The molecule has 0 radical (unpaired) electrons. The molecule has 1 N–H and O–H groups in total. The Morgan fingerprint density at radius 1 is 1.26 bits per heavy atom. The maximum absolute atomic E-state index is 11.5. The Hall–Kier alpha value is -2.15. The molecule has 0 aliphatic heterocycles. The number of carbonyl (C=O) groups is 1. The summed E-state index contributed by atoms with van der Waals surface area (Å²) in [4.78, 5) is 11.5. The van der Waals surface area contributed by atoms with Gasteiger partial charge >= 0.3 is 5.91 Å². The van der Waals surface area contributed by atoms with Crippen molar-refractivity contribution >= 4 is 15.9 Å². The van der Waals surface area contributed by atoms with Crippen LogP contribution in [0.5, 0.6) is 0 Å². The van der Waals surface area contributed by atoms with Crippen LogP contribution in [-0.4, -0.2) is 25.7 Å². The second kappa shape index (κ2) is 4.85. The van der Waals surface area contributed by atoms with Crippen molar-refractivity contribution in [2.45, 2.75) is 6.92 Å². The summed E-state index contributed by atoms with van der Waals surface area (Å²) in [6.07, 6.45) is 0.891. The van der Waals surface area contributed by atoms with Crippen LogP contribution in [0.25, 0.3) is 11.3 Å². The molecule has 19 heavy (non-hydrogen) atoms. The van der Waals surface area contributed by atoms with Crippen LogP contribution in [0.1, 0.15) is 16.1 Å². The van der Waals surface area contributed by atoms with Gasteiger partial charge < -0.3 is 4.52 Å². The lowest BCUT2D eigenvalue weighted by molar-refractivity contribution is 0.0946. The molecule has 0 saturated carbocycles. The number of nitrogens with one attached hydrogen (secondary N) is 1. The fraction of sp³-hybridized carbons (Fsp3) is 0.167. The van der Waals surface area contributed by atoms with Crippen LogP contribution in [0, 0.1) is 6.92 Å². The van der Waals surface area contributed by atoms with Crippen molar-refractivity contribution in [3.05, 3.63) is 41.7 Å². The summed E-state index contributed by atoms with van der Waals surface area (Å²) in [5.74, 6) is -0.991. The summed E-state index contributed by atoms with van der Waals surface area (Å²) in [6, 6.07) is 8.88. The van der Waals surface area contributed by atoms with E-state index >= 15 is 0 Å². The molecule has 0 unspecified atom stereocenters. The van der Waals surface area contributed by atoms with E-state index in [0.717, 1.165) is 17.4 Å². The zero-order chi connectivity index (χ0) is 14.0. The average Bonchev–Trinajstić information content (AvgIpc) is 2.77. The Balaban J connectivity index is 2.24.